The molecule has 5 atom stereocenters. The molecule has 0 radical (unpaired) electrons. The van der Waals surface area contributed by atoms with Crippen LogP contribution in [0.3, 0.4) is 0 Å². The summed E-state index contributed by atoms with van der Waals surface area (Å²) in [6.45, 7) is 6.89. The number of nitrogens with one attached hydrogen (secondary N) is 2. The Kier molecular flexibility index (Phi) is 5.06. The lowest BCUT2D eigenvalue weighted by atomic mass is 9.82. The fourth-order valence-electron chi connectivity index (χ4n) is 6.27. The van der Waals surface area contributed by atoms with Crippen LogP contribution in [0, 0.1) is 5.92 Å². The molecule has 32 heavy (non-hydrogen) atoms. The number of methoxy groups -OCH3 is 1. The van der Waals surface area contributed by atoms with Crippen LogP contribution in [0.1, 0.15) is 26.7 Å². The summed E-state index contributed by atoms with van der Waals surface area (Å²) in [5.41, 5.74) is 5.79. The predicted molar refractivity (Wildman–Crippen MR) is 114 cm³/mol. The van der Waals surface area contributed by atoms with Crippen LogP contribution >= 0.6 is 0 Å². The highest BCUT2D eigenvalue weighted by molar-refractivity contribution is 6.25. The number of piperazine rings is 1. The van der Waals surface area contributed by atoms with Crippen LogP contribution in [0.5, 0.6) is 0 Å². The minimum absolute atomic E-state index is 0.0477. The minimum Gasteiger partial charge on any atom is -0.449 e. The van der Waals surface area contributed by atoms with Crippen LogP contribution in [-0.4, -0.2) is 91.2 Å². The van der Waals surface area contributed by atoms with Crippen molar-refractivity contribution in [2.24, 2.45) is 11.7 Å². The van der Waals surface area contributed by atoms with Crippen molar-refractivity contribution < 1.29 is 23.9 Å². The Morgan fingerprint density at radius 3 is 2.81 bits per heavy atom. The zero-order chi connectivity index (χ0) is 22.8. The lowest BCUT2D eigenvalue weighted by Crippen LogP contribution is -2.55. The van der Waals surface area contributed by atoms with Crippen molar-refractivity contribution in [3.05, 3.63) is 22.5 Å². The highest BCUT2D eigenvalue weighted by Gasteiger charge is 2.72. The van der Waals surface area contributed by atoms with Crippen molar-refractivity contribution in [3.63, 3.8) is 0 Å². The van der Waals surface area contributed by atoms with Crippen molar-refractivity contribution in [1.82, 2.24) is 20.4 Å². The van der Waals surface area contributed by atoms with Gasteiger partial charge in [-0.15, -0.1) is 0 Å². The molecule has 4 heterocycles. The summed E-state index contributed by atoms with van der Waals surface area (Å²) in [6, 6.07) is 0.462. The van der Waals surface area contributed by atoms with Gasteiger partial charge in [-0.25, -0.2) is 4.79 Å². The smallest absolute Gasteiger partial charge is 0.404 e. The van der Waals surface area contributed by atoms with E-state index in [2.05, 4.69) is 22.5 Å². The SMILES string of the molecule is CCN1CCCC1CNC1=C(C)C(=O)C2=C(C1=O)[C@H](COC(N)=O)C1(OC)[C@@H]3N[C@@H]3CN21. The third-order valence-electron chi connectivity index (χ3n) is 7.85. The topological polar surface area (TPSA) is 136 Å². The number of carbonyl (C=O) groups excluding carboxylic acids is 3. The highest BCUT2D eigenvalue weighted by Crippen LogP contribution is 2.55. The van der Waals surface area contributed by atoms with Gasteiger partial charge in [-0.1, -0.05) is 6.92 Å². The number of fused-ring (bicyclic) bond motifs is 4. The Bertz CT molecular complexity index is 945. The van der Waals surface area contributed by atoms with Gasteiger partial charge in [0.05, 0.1) is 23.4 Å². The summed E-state index contributed by atoms with van der Waals surface area (Å²) in [6.07, 6.45) is 1.28. The summed E-state index contributed by atoms with van der Waals surface area (Å²) in [7, 11) is 1.57. The molecule has 1 aliphatic carbocycles. The molecule has 3 saturated heterocycles. The lowest BCUT2D eigenvalue weighted by molar-refractivity contribution is -0.137. The molecular formula is C22H31N5O5. The summed E-state index contributed by atoms with van der Waals surface area (Å²) in [4.78, 5) is 43.0. The van der Waals surface area contributed by atoms with E-state index >= 15 is 0 Å². The number of likely N-dealkylation sites (tertiary alicyclic amines) is 1. The maximum atomic E-state index is 13.8. The van der Waals surface area contributed by atoms with E-state index in [4.69, 9.17) is 15.2 Å². The molecule has 0 spiro atoms. The van der Waals surface area contributed by atoms with Gasteiger partial charge in [0.25, 0.3) is 0 Å². The normalized spacial score (nSPS) is 35.9. The van der Waals surface area contributed by atoms with Crippen molar-refractivity contribution in [2.75, 3.05) is 39.9 Å². The summed E-state index contributed by atoms with van der Waals surface area (Å²) < 4.78 is 11.1. The molecule has 5 rings (SSSR count). The van der Waals surface area contributed by atoms with E-state index in [1.165, 1.54) is 0 Å². The van der Waals surface area contributed by atoms with Gasteiger partial charge in [0, 0.05) is 43.4 Å². The number of allylic oxidation sites excluding steroid dienone is 2. The average molecular weight is 446 g/mol. The maximum Gasteiger partial charge on any atom is 0.404 e. The minimum atomic E-state index is -0.948. The Balaban J connectivity index is 1.46. The fourth-order valence-corrected chi connectivity index (χ4v) is 6.27. The first-order chi connectivity index (χ1) is 15.3. The molecule has 3 fully saturated rings. The number of hydrogen-bond acceptors (Lipinski definition) is 9. The van der Waals surface area contributed by atoms with Gasteiger partial charge in [-0.2, -0.15) is 0 Å². The molecule has 4 aliphatic heterocycles. The average Bonchev–Trinajstić information content (AvgIpc) is 3.15. The number of amides is 1. The van der Waals surface area contributed by atoms with Crippen molar-refractivity contribution >= 4 is 17.7 Å². The highest BCUT2D eigenvalue weighted by atomic mass is 16.6. The van der Waals surface area contributed by atoms with Crippen molar-refractivity contribution in [3.8, 4) is 0 Å². The van der Waals surface area contributed by atoms with Crippen LogP contribution in [-0.2, 0) is 19.1 Å². The number of ether oxygens (including phenoxy) is 2. The number of Topliss-reactive ketones (excluding diaryl/α,β-unsaturated/α-hetero) is 2. The third kappa shape index (κ3) is 2.85. The van der Waals surface area contributed by atoms with E-state index in [0.717, 1.165) is 25.9 Å². The molecule has 4 N–H and O–H groups in total. The van der Waals surface area contributed by atoms with Gasteiger partial charge < -0.3 is 30.7 Å². The third-order valence-corrected chi connectivity index (χ3v) is 7.85. The number of carbonyl (C=O) groups is 3. The first-order valence-electron chi connectivity index (χ1n) is 11.4. The van der Waals surface area contributed by atoms with E-state index in [1.807, 2.05) is 4.90 Å². The molecule has 174 valence electrons. The number of likely N-dealkylation sites (N-methyl/N-ethyl adjacent to an activating group) is 1. The molecule has 0 aromatic rings. The van der Waals surface area contributed by atoms with Gasteiger partial charge in [0.15, 0.2) is 5.72 Å². The van der Waals surface area contributed by atoms with E-state index in [-0.39, 0.29) is 30.3 Å². The van der Waals surface area contributed by atoms with E-state index < -0.39 is 17.7 Å². The molecule has 0 saturated carbocycles. The Labute approximate surface area is 187 Å². The van der Waals surface area contributed by atoms with Crippen molar-refractivity contribution in [2.45, 2.75) is 50.5 Å². The monoisotopic (exact) mass is 445 g/mol. The first-order valence-corrected chi connectivity index (χ1v) is 11.4. The number of nitrogens with zero attached hydrogens (tertiary/aromatic N) is 2. The van der Waals surface area contributed by atoms with Crippen molar-refractivity contribution in [1.29, 1.82) is 0 Å². The van der Waals surface area contributed by atoms with Crippen LogP contribution < -0.4 is 16.4 Å². The molecule has 1 amide bonds. The largest absolute Gasteiger partial charge is 0.449 e. The molecule has 10 heteroatoms. The number of rotatable bonds is 7. The molecule has 5 aliphatic rings. The molecule has 2 unspecified atom stereocenters. The van der Waals surface area contributed by atoms with Crippen LogP contribution in [0.4, 0.5) is 4.79 Å². The van der Waals surface area contributed by atoms with Gasteiger partial charge in [0.2, 0.25) is 11.6 Å². The van der Waals surface area contributed by atoms with E-state index in [9.17, 15) is 14.4 Å². The van der Waals surface area contributed by atoms with Gasteiger partial charge >= 0.3 is 6.09 Å². The second-order valence-corrected chi connectivity index (χ2v) is 9.23. The van der Waals surface area contributed by atoms with Crippen LogP contribution in [0.15, 0.2) is 22.5 Å². The molecule has 0 aromatic carbocycles. The summed E-state index contributed by atoms with van der Waals surface area (Å²) in [5.74, 6) is -1.01. The number of nitrogens with two attached hydrogens (primary N) is 1. The predicted octanol–water partition coefficient (Wildman–Crippen LogP) is -0.536. The van der Waals surface area contributed by atoms with E-state index in [1.54, 1.807) is 14.0 Å². The number of ketones is 2. The number of hydrogen-bond donors (Lipinski definition) is 3. The van der Waals surface area contributed by atoms with Gasteiger partial charge in [0.1, 0.15) is 6.61 Å². The summed E-state index contributed by atoms with van der Waals surface area (Å²) >= 11 is 0. The Morgan fingerprint density at radius 1 is 1.34 bits per heavy atom. The van der Waals surface area contributed by atoms with Gasteiger partial charge in [-0.05, 0) is 32.9 Å². The summed E-state index contributed by atoms with van der Waals surface area (Å²) in [5, 5.41) is 6.66. The van der Waals surface area contributed by atoms with Gasteiger partial charge in [-0.3, -0.25) is 14.5 Å². The molecular weight excluding hydrogens is 414 g/mol. The second kappa shape index (κ2) is 7.57. The maximum absolute atomic E-state index is 13.8. The van der Waals surface area contributed by atoms with Crippen LogP contribution in [0.2, 0.25) is 0 Å². The fraction of sp³-hybridized carbons (Fsp3) is 0.682. The zero-order valence-corrected chi connectivity index (χ0v) is 18.8. The number of primary amides is 1. The molecule has 0 bridgehead atoms. The zero-order valence-electron chi connectivity index (χ0n) is 18.8. The lowest BCUT2D eigenvalue weighted by Gasteiger charge is -2.39. The second-order valence-electron chi connectivity index (χ2n) is 9.23. The van der Waals surface area contributed by atoms with E-state index in [0.29, 0.717) is 41.7 Å². The standard InChI is InChI=1S/C22H31N5O5/c1-4-26-7-5-6-12(26)8-24-16-11(2)18(28)17-15(19(16)29)13(10-32-21(23)30)22(31-3)20-14(25-20)9-27(17)22/h12-14,20,24-25H,4-10H2,1-3H3,(H2,23,30)/t12?,13-,14+,20+,22?/m0/s1. The quantitative estimate of drug-likeness (QED) is 0.349. The molecule has 0 aromatic heterocycles. The van der Waals surface area contributed by atoms with Crippen LogP contribution in [0.25, 0.3) is 0 Å². The first kappa shape index (κ1) is 21.4. The molecule has 10 nitrogen and oxygen atoms in total. The Morgan fingerprint density at radius 2 is 2.12 bits per heavy atom. The Hall–Kier alpha value is -2.43.